The van der Waals surface area contributed by atoms with Crippen molar-refractivity contribution in [2.24, 2.45) is 4.99 Å². The van der Waals surface area contributed by atoms with Gasteiger partial charge < -0.3 is 4.57 Å². The lowest BCUT2D eigenvalue weighted by atomic mass is 10.2. The van der Waals surface area contributed by atoms with Crippen molar-refractivity contribution >= 4 is 28.8 Å². The van der Waals surface area contributed by atoms with Gasteiger partial charge in [0.25, 0.3) is 11.5 Å². The van der Waals surface area contributed by atoms with Crippen molar-refractivity contribution in [3.63, 3.8) is 0 Å². The maximum Gasteiger partial charge on any atom is 0.331 e. The molecule has 0 fully saturated rings. The molecule has 0 saturated carbocycles. The number of nitrogens with zero attached hydrogens (tertiary/aromatic N) is 4. The molecule has 162 valence electrons. The molecule has 4 aromatic rings. The largest absolute Gasteiger partial charge is 0.331 e. The summed E-state index contributed by atoms with van der Waals surface area (Å²) in [6.07, 6.45) is 3.24. The first-order valence-corrected chi connectivity index (χ1v) is 11.1. The number of rotatable bonds is 6. The topological polar surface area (TPSA) is 78.4 Å². The fourth-order valence-electron chi connectivity index (χ4n) is 3.20. The Bertz CT molecular complexity index is 1430. The summed E-state index contributed by atoms with van der Waals surface area (Å²) in [5.41, 5.74) is 0.706. The number of thiazole rings is 1. The van der Waals surface area contributed by atoms with Crippen LogP contribution in [0, 0.1) is 0 Å². The molecule has 0 spiro atoms. The summed E-state index contributed by atoms with van der Waals surface area (Å²) in [6.45, 7) is 0.315. The number of hydrogen-bond donors (Lipinski definition) is 0. The highest BCUT2D eigenvalue weighted by atomic mass is 35.5. The molecular formula is C23H19ClN4O3S. The monoisotopic (exact) mass is 466 g/mol. The zero-order valence-corrected chi connectivity index (χ0v) is 18.5. The van der Waals surface area contributed by atoms with E-state index in [1.807, 2.05) is 60.1 Å². The van der Waals surface area contributed by atoms with Crippen LogP contribution in [0.1, 0.15) is 11.1 Å². The highest BCUT2D eigenvalue weighted by Gasteiger charge is 2.11. The maximum atomic E-state index is 12.8. The van der Waals surface area contributed by atoms with E-state index in [1.54, 1.807) is 10.6 Å². The number of hydrogen-bond acceptors (Lipinski definition) is 4. The predicted octanol–water partition coefficient (Wildman–Crippen LogP) is 2.75. The van der Waals surface area contributed by atoms with Crippen molar-refractivity contribution in [3.05, 3.63) is 120 Å². The Morgan fingerprint density at radius 3 is 2.44 bits per heavy atom. The Morgan fingerprint density at radius 2 is 1.66 bits per heavy atom. The van der Waals surface area contributed by atoms with Crippen molar-refractivity contribution in [3.8, 4) is 0 Å². The fourth-order valence-corrected chi connectivity index (χ4v) is 4.14. The van der Waals surface area contributed by atoms with Crippen molar-refractivity contribution < 1.29 is 4.79 Å². The van der Waals surface area contributed by atoms with E-state index in [2.05, 4.69) is 4.99 Å². The summed E-state index contributed by atoms with van der Waals surface area (Å²) < 4.78 is 4.10. The van der Waals surface area contributed by atoms with E-state index in [1.165, 1.54) is 28.2 Å². The molecule has 0 saturated heterocycles. The standard InChI is InChI=1S/C23H19ClN4O3S/c24-19-9-5-4-8-18(19)15-26-12-13-32-22(26)25-20(29)16-28-21(30)10-11-27(23(28)31)14-17-6-2-1-3-7-17/h1-13H,14-16H2. The molecule has 4 rings (SSSR count). The van der Waals surface area contributed by atoms with Crippen LogP contribution in [0.3, 0.4) is 0 Å². The van der Waals surface area contributed by atoms with Gasteiger partial charge in [-0.05, 0) is 17.2 Å². The van der Waals surface area contributed by atoms with Gasteiger partial charge in [0.15, 0.2) is 4.80 Å². The lowest BCUT2D eigenvalue weighted by molar-refractivity contribution is -0.118. The molecular weight excluding hydrogens is 448 g/mol. The van der Waals surface area contributed by atoms with E-state index in [0.717, 1.165) is 15.7 Å². The Labute approximate surface area is 192 Å². The number of aromatic nitrogens is 3. The average molecular weight is 467 g/mol. The molecule has 32 heavy (non-hydrogen) atoms. The molecule has 0 aliphatic heterocycles. The van der Waals surface area contributed by atoms with Crippen LogP contribution >= 0.6 is 22.9 Å². The average Bonchev–Trinajstić information content (AvgIpc) is 3.22. The Morgan fingerprint density at radius 1 is 0.906 bits per heavy atom. The summed E-state index contributed by atoms with van der Waals surface area (Å²) in [7, 11) is 0. The predicted molar refractivity (Wildman–Crippen MR) is 124 cm³/mol. The summed E-state index contributed by atoms with van der Waals surface area (Å²) >= 11 is 7.52. The highest BCUT2D eigenvalue weighted by Crippen LogP contribution is 2.15. The van der Waals surface area contributed by atoms with Crippen molar-refractivity contribution in [2.75, 3.05) is 0 Å². The smallest absolute Gasteiger partial charge is 0.319 e. The van der Waals surface area contributed by atoms with Gasteiger partial charge in [-0.1, -0.05) is 60.1 Å². The van der Waals surface area contributed by atoms with Crippen LogP contribution in [-0.4, -0.2) is 19.6 Å². The number of halogens is 1. The third-order valence-corrected chi connectivity index (χ3v) is 5.97. The third kappa shape index (κ3) is 5.04. The molecule has 0 atom stereocenters. The van der Waals surface area contributed by atoms with Gasteiger partial charge in [0.2, 0.25) is 0 Å². The van der Waals surface area contributed by atoms with Gasteiger partial charge in [-0.2, -0.15) is 4.99 Å². The summed E-state index contributed by atoms with van der Waals surface area (Å²) in [4.78, 5) is 42.3. The first kappa shape index (κ1) is 21.7. The second kappa shape index (κ2) is 9.76. The van der Waals surface area contributed by atoms with Crippen LogP contribution in [0.25, 0.3) is 0 Å². The SMILES string of the molecule is O=C(Cn1c(=O)ccn(Cc2ccccc2)c1=O)N=c1sccn1Cc1ccccc1Cl. The van der Waals surface area contributed by atoms with Crippen LogP contribution in [0.15, 0.2) is 93.0 Å². The number of benzene rings is 2. The molecule has 0 aliphatic rings. The van der Waals surface area contributed by atoms with Crippen LogP contribution in [0.4, 0.5) is 0 Å². The molecule has 0 unspecified atom stereocenters. The van der Waals surface area contributed by atoms with Crippen molar-refractivity contribution in [1.29, 1.82) is 0 Å². The zero-order valence-electron chi connectivity index (χ0n) is 16.9. The molecule has 0 aliphatic carbocycles. The second-order valence-electron chi connectivity index (χ2n) is 7.05. The molecule has 2 heterocycles. The molecule has 0 radical (unpaired) electrons. The van der Waals surface area contributed by atoms with E-state index in [-0.39, 0.29) is 0 Å². The van der Waals surface area contributed by atoms with E-state index in [0.29, 0.717) is 22.9 Å². The Hall–Kier alpha value is -3.49. The van der Waals surface area contributed by atoms with Gasteiger partial charge >= 0.3 is 5.69 Å². The fraction of sp³-hybridized carbons (Fsp3) is 0.130. The first-order valence-electron chi connectivity index (χ1n) is 9.80. The van der Waals surface area contributed by atoms with E-state index < -0.39 is 23.7 Å². The minimum absolute atomic E-state index is 0.300. The van der Waals surface area contributed by atoms with Crippen LogP contribution in [0.5, 0.6) is 0 Å². The van der Waals surface area contributed by atoms with Gasteiger partial charge in [0, 0.05) is 28.9 Å². The summed E-state index contributed by atoms with van der Waals surface area (Å²) in [6, 6.07) is 18.1. The van der Waals surface area contributed by atoms with Gasteiger partial charge in [-0.15, -0.1) is 11.3 Å². The lowest BCUT2D eigenvalue weighted by Gasteiger charge is -2.09. The van der Waals surface area contributed by atoms with Crippen LogP contribution in [-0.2, 0) is 24.4 Å². The number of carbonyl (C=O) groups excluding carboxylic acids is 1. The summed E-state index contributed by atoms with van der Waals surface area (Å²) in [5, 5.41) is 2.43. The molecule has 0 N–H and O–H groups in total. The van der Waals surface area contributed by atoms with Crippen LogP contribution in [0.2, 0.25) is 5.02 Å². The second-order valence-corrected chi connectivity index (χ2v) is 8.33. The van der Waals surface area contributed by atoms with Gasteiger partial charge in [0.05, 0.1) is 13.1 Å². The highest BCUT2D eigenvalue weighted by molar-refractivity contribution is 7.07. The molecule has 1 amide bonds. The number of carbonyl (C=O) groups is 1. The molecule has 7 nitrogen and oxygen atoms in total. The van der Waals surface area contributed by atoms with Crippen molar-refractivity contribution in [2.45, 2.75) is 19.6 Å². The summed E-state index contributed by atoms with van der Waals surface area (Å²) in [5.74, 6) is -0.586. The quantitative estimate of drug-likeness (QED) is 0.438. The van der Waals surface area contributed by atoms with Gasteiger partial charge in [0.1, 0.15) is 6.54 Å². The Kier molecular flexibility index (Phi) is 6.63. The lowest BCUT2D eigenvalue weighted by Crippen LogP contribution is -2.40. The van der Waals surface area contributed by atoms with E-state index in [4.69, 9.17) is 11.6 Å². The molecule has 2 aromatic carbocycles. The van der Waals surface area contributed by atoms with Crippen LogP contribution < -0.4 is 16.1 Å². The first-order chi connectivity index (χ1) is 15.5. The van der Waals surface area contributed by atoms with Crippen molar-refractivity contribution in [1.82, 2.24) is 13.7 Å². The van der Waals surface area contributed by atoms with Gasteiger partial charge in [-0.25, -0.2) is 4.79 Å². The van der Waals surface area contributed by atoms with E-state index in [9.17, 15) is 14.4 Å². The zero-order chi connectivity index (χ0) is 22.5. The third-order valence-electron chi connectivity index (χ3n) is 4.81. The maximum absolute atomic E-state index is 12.8. The minimum atomic E-state index is -0.586. The molecule has 0 bridgehead atoms. The van der Waals surface area contributed by atoms with Gasteiger partial charge in [-0.3, -0.25) is 18.7 Å². The molecule has 2 aromatic heterocycles. The number of amides is 1. The molecule has 9 heteroatoms. The minimum Gasteiger partial charge on any atom is -0.319 e. The normalized spacial score (nSPS) is 11.6. The van der Waals surface area contributed by atoms with E-state index >= 15 is 0 Å². The Balaban J connectivity index is 1.58.